The van der Waals surface area contributed by atoms with Crippen molar-refractivity contribution >= 4 is 23.0 Å². The number of nitrogens with one attached hydrogen (secondary N) is 1. The molecule has 5 nitrogen and oxygen atoms in total. The van der Waals surface area contributed by atoms with E-state index in [2.05, 4.69) is 9.82 Å². The van der Waals surface area contributed by atoms with E-state index in [1.54, 1.807) is 0 Å². The highest BCUT2D eigenvalue weighted by Gasteiger charge is 2.34. The van der Waals surface area contributed by atoms with Crippen LogP contribution < -0.4 is 4.72 Å². The van der Waals surface area contributed by atoms with E-state index < -0.39 is 11.4 Å². The maximum atomic E-state index is 12.4. The number of rotatable bonds is 3. The molecule has 1 aromatic carbocycles. The first-order valence-corrected chi connectivity index (χ1v) is 9.40. The number of aromatic nitrogens is 2. The van der Waals surface area contributed by atoms with Crippen LogP contribution in [0.2, 0.25) is 5.02 Å². The van der Waals surface area contributed by atoms with Gasteiger partial charge in [0, 0.05) is 16.9 Å². The van der Waals surface area contributed by atoms with Gasteiger partial charge < -0.3 is 9.29 Å². The van der Waals surface area contributed by atoms with Crippen LogP contribution in [0.5, 0.6) is 0 Å². The van der Waals surface area contributed by atoms with Crippen molar-refractivity contribution in [3.05, 3.63) is 46.2 Å². The van der Waals surface area contributed by atoms with E-state index >= 15 is 0 Å². The first kappa shape index (κ1) is 17.8. The predicted molar refractivity (Wildman–Crippen MR) is 96.7 cm³/mol. The molecule has 3 rings (SSSR count). The number of fused-ring (bicyclic) bond motifs is 1. The molecule has 0 spiro atoms. The summed E-state index contributed by atoms with van der Waals surface area (Å²) >= 11 is 5.26. The number of hydrogen-bond acceptors (Lipinski definition) is 4. The Balaban J connectivity index is 1.94. The fourth-order valence-electron chi connectivity index (χ4n) is 2.59. The van der Waals surface area contributed by atoms with E-state index in [1.165, 1.54) is 0 Å². The van der Waals surface area contributed by atoms with Crippen LogP contribution in [0.3, 0.4) is 0 Å². The number of benzene rings is 1. The third kappa shape index (κ3) is 3.34. The van der Waals surface area contributed by atoms with Gasteiger partial charge in [-0.25, -0.2) is 4.68 Å². The molecule has 2 heterocycles. The van der Waals surface area contributed by atoms with Crippen molar-refractivity contribution in [2.45, 2.75) is 45.1 Å². The molecule has 2 aromatic rings. The second-order valence-electron chi connectivity index (χ2n) is 6.93. The summed E-state index contributed by atoms with van der Waals surface area (Å²) in [6.07, 6.45) is 1.81. The van der Waals surface area contributed by atoms with E-state index in [4.69, 9.17) is 16.3 Å². The molecule has 1 aromatic heterocycles. The van der Waals surface area contributed by atoms with Crippen LogP contribution in [-0.4, -0.2) is 25.7 Å². The SMILES string of the molecule is Cc1cccc(-n2ncc3c2COC[C@H]3N[S@@+]([O-])C(C)(C)C)c1Cl. The van der Waals surface area contributed by atoms with Gasteiger partial charge in [-0.15, -0.1) is 4.72 Å². The van der Waals surface area contributed by atoms with Crippen molar-refractivity contribution in [1.29, 1.82) is 0 Å². The highest BCUT2D eigenvalue weighted by atomic mass is 35.5. The number of ether oxygens (including phenoxy) is 1. The molecular weight excluding hydrogens is 346 g/mol. The zero-order valence-corrected chi connectivity index (χ0v) is 15.9. The maximum absolute atomic E-state index is 12.4. The normalized spacial score (nSPS) is 19.2. The molecule has 0 amide bonds. The van der Waals surface area contributed by atoms with E-state index in [9.17, 15) is 4.55 Å². The lowest BCUT2D eigenvalue weighted by Gasteiger charge is -2.30. The summed E-state index contributed by atoms with van der Waals surface area (Å²) in [5, 5.41) is 5.18. The average molecular weight is 368 g/mol. The van der Waals surface area contributed by atoms with Crippen LogP contribution in [0.15, 0.2) is 24.4 Å². The van der Waals surface area contributed by atoms with E-state index in [-0.39, 0.29) is 10.8 Å². The monoisotopic (exact) mass is 367 g/mol. The number of nitrogens with zero attached hydrogens (tertiary/aromatic N) is 2. The summed E-state index contributed by atoms with van der Waals surface area (Å²) in [5.41, 5.74) is 3.78. The van der Waals surface area contributed by atoms with Crippen LogP contribution in [0.1, 0.15) is 43.6 Å². The Morgan fingerprint density at radius 2 is 2.17 bits per heavy atom. The lowest BCUT2D eigenvalue weighted by molar-refractivity contribution is 0.0843. The molecule has 0 unspecified atom stereocenters. The third-order valence-electron chi connectivity index (χ3n) is 4.00. The van der Waals surface area contributed by atoms with Crippen LogP contribution in [0, 0.1) is 6.92 Å². The molecule has 0 saturated heterocycles. The number of hydrogen-bond donors (Lipinski definition) is 1. The average Bonchev–Trinajstić information content (AvgIpc) is 2.94. The fraction of sp³-hybridized carbons (Fsp3) is 0.471. The molecule has 0 saturated carbocycles. The van der Waals surface area contributed by atoms with Crippen molar-refractivity contribution in [3.63, 3.8) is 0 Å². The summed E-state index contributed by atoms with van der Waals surface area (Å²) in [5.74, 6) is 0. The Hall–Kier alpha value is -1.05. The van der Waals surface area contributed by atoms with Crippen molar-refractivity contribution in [3.8, 4) is 5.69 Å². The van der Waals surface area contributed by atoms with Gasteiger partial charge in [-0.2, -0.15) is 5.10 Å². The molecule has 24 heavy (non-hydrogen) atoms. The van der Waals surface area contributed by atoms with Gasteiger partial charge in [0.25, 0.3) is 0 Å². The fourth-order valence-corrected chi connectivity index (χ4v) is 3.60. The van der Waals surface area contributed by atoms with Crippen molar-refractivity contribution < 1.29 is 9.29 Å². The Morgan fingerprint density at radius 3 is 2.88 bits per heavy atom. The van der Waals surface area contributed by atoms with Crippen LogP contribution in [-0.2, 0) is 22.7 Å². The van der Waals surface area contributed by atoms with E-state index in [0.29, 0.717) is 18.2 Å². The Kier molecular flexibility index (Phi) is 4.95. The number of halogens is 1. The third-order valence-corrected chi connectivity index (χ3v) is 6.11. The highest BCUT2D eigenvalue weighted by Crippen LogP contribution is 2.31. The van der Waals surface area contributed by atoms with E-state index in [1.807, 2.05) is 56.8 Å². The predicted octanol–water partition coefficient (Wildman–Crippen LogP) is 3.46. The van der Waals surface area contributed by atoms with Gasteiger partial charge in [0.05, 0.1) is 35.8 Å². The summed E-state index contributed by atoms with van der Waals surface area (Å²) in [7, 11) is 0. The first-order chi connectivity index (χ1) is 11.3. The maximum Gasteiger partial charge on any atom is 0.136 e. The summed E-state index contributed by atoms with van der Waals surface area (Å²) in [4.78, 5) is 0. The summed E-state index contributed by atoms with van der Waals surface area (Å²) < 4.78 is 22.8. The molecule has 0 bridgehead atoms. The van der Waals surface area contributed by atoms with Crippen molar-refractivity contribution in [2.75, 3.05) is 6.61 Å². The van der Waals surface area contributed by atoms with Gasteiger partial charge in [0.1, 0.15) is 10.8 Å². The minimum Gasteiger partial charge on any atom is -0.598 e. The highest BCUT2D eigenvalue weighted by molar-refractivity contribution is 7.90. The van der Waals surface area contributed by atoms with Crippen LogP contribution in [0.4, 0.5) is 0 Å². The molecule has 0 radical (unpaired) electrons. The quantitative estimate of drug-likeness (QED) is 0.844. The van der Waals surface area contributed by atoms with Crippen molar-refractivity contribution in [2.24, 2.45) is 0 Å². The lowest BCUT2D eigenvalue weighted by atomic mass is 10.1. The minimum atomic E-state index is -1.18. The van der Waals surface area contributed by atoms with Gasteiger partial charge in [0.15, 0.2) is 0 Å². The minimum absolute atomic E-state index is 0.147. The van der Waals surface area contributed by atoms with Gasteiger partial charge in [-0.3, -0.25) is 0 Å². The Labute approximate surface area is 150 Å². The Bertz CT molecular complexity index is 742. The molecule has 1 N–H and O–H groups in total. The topological polar surface area (TPSA) is 62.1 Å². The van der Waals surface area contributed by atoms with E-state index in [0.717, 1.165) is 22.5 Å². The molecule has 0 aliphatic carbocycles. The molecule has 1 aliphatic heterocycles. The lowest BCUT2D eigenvalue weighted by Crippen LogP contribution is -2.43. The zero-order valence-electron chi connectivity index (χ0n) is 14.3. The molecular formula is C17H22ClN3O2S. The Morgan fingerprint density at radius 1 is 1.42 bits per heavy atom. The zero-order chi connectivity index (χ0) is 17.5. The van der Waals surface area contributed by atoms with Crippen LogP contribution in [0.25, 0.3) is 5.69 Å². The standard InChI is InChI=1S/C17H22ClN3O2S/c1-11-6-5-7-14(16(11)18)21-15-10-23-9-13(12(15)8-19-21)20-24(22)17(2,3)4/h5-8,13,20H,9-10H2,1-4H3/t13-,24+/m1/s1. The van der Waals surface area contributed by atoms with Gasteiger partial charge in [-0.05, 0) is 39.3 Å². The summed E-state index contributed by atoms with van der Waals surface area (Å²) in [6.45, 7) is 8.72. The van der Waals surface area contributed by atoms with Gasteiger partial charge in [0.2, 0.25) is 0 Å². The molecule has 7 heteroatoms. The second-order valence-corrected chi connectivity index (χ2v) is 9.31. The number of aryl methyl sites for hydroxylation is 1. The summed E-state index contributed by atoms with van der Waals surface area (Å²) in [6, 6.07) is 5.71. The van der Waals surface area contributed by atoms with Crippen molar-refractivity contribution in [1.82, 2.24) is 14.5 Å². The molecule has 130 valence electrons. The van der Waals surface area contributed by atoms with Gasteiger partial charge >= 0.3 is 0 Å². The largest absolute Gasteiger partial charge is 0.598 e. The molecule has 2 atom stereocenters. The second kappa shape index (κ2) is 6.69. The first-order valence-electron chi connectivity index (χ1n) is 7.87. The van der Waals surface area contributed by atoms with Gasteiger partial charge in [-0.1, -0.05) is 23.7 Å². The van der Waals surface area contributed by atoms with Crippen LogP contribution >= 0.6 is 11.6 Å². The smallest absolute Gasteiger partial charge is 0.136 e. The molecule has 1 aliphatic rings. The molecule has 0 fully saturated rings.